The van der Waals surface area contributed by atoms with Gasteiger partial charge >= 0.3 is 0 Å². The summed E-state index contributed by atoms with van der Waals surface area (Å²) in [4.78, 5) is 0. The van der Waals surface area contributed by atoms with Gasteiger partial charge in [-0.1, -0.05) is 65.7 Å². The van der Waals surface area contributed by atoms with Crippen molar-refractivity contribution in [3.8, 4) is 0 Å². The second kappa shape index (κ2) is 10.6. The van der Waals surface area contributed by atoms with Crippen molar-refractivity contribution >= 4 is 0 Å². The minimum absolute atomic E-state index is 0.0757. The molecule has 4 rings (SSSR count). The Morgan fingerprint density at radius 1 is 0.781 bits per heavy atom. The van der Waals surface area contributed by atoms with Gasteiger partial charge in [-0.25, -0.2) is 0 Å². The molecule has 0 saturated heterocycles. The van der Waals surface area contributed by atoms with Gasteiger partial charge in [0.15, 0.2) is 0 Å². The number of rotatable bonds is 10. The fourth-order valence-electron chi connectivity index (χ4n) is 9.03. The lowest BCUT2D eigenvalue weighted by Gasteiger charge is -2.61. The van der Waals surface area contributed by atoms with Crippen LogP contribution in [0.4, 0.5) is 0 Å². The van der Waals surface area contributed by atoms with Crippen LogP contribution in [-0.2, 0) is 0 Å². The molecule has 0 heterocycles. The van der Waals surface area contributed by atoms with E-state index in [4.69, 9.17) is 0 Å². The largest absolute Gasteiger partial charge is 0.393 e. The Bertz CT molecular complexity index is 596. The van der Waals surface area contributed by atoms with Crippen LogP contribution < -0.4 is 5.32 Å². The molecule has 0 aromatic carbocycles. The summed E-state index contributed by atoms with van der Waals surface area (Å²) in [7, 11) is 0. The van der Waals surface area contributed by atoms with Crippen molar-refractivity contribution in [3.05, 3.63) is 0 Å². The number of fused-ring (bicyclic) bond motifs is 5. The lowest BCUT2D eigenvalue weighted by atomic mass is 9.44. The van der Waals surface area contributed by atoms with Crippen LogP contribution in [0.2, 0.25) is 0 Å². The monoisotopic (exact) mass is 447 g/mol. The van der Waals surface area contributed by atoms with E-state index in [1.54, 1.807) is 0 Å². The number of hydrogen-bond acceptors (Lipinski definition) is 3. The molecule has 32 heavy (non-hydrogen) atoms. The van der Waals surface area contributed by atoms with Gasteiger partial charge in [-0.05, 0) is 98.8 Å². The number of unbranched alkanes of at least 4 members (excludes halogenated alkanes) is 7. The van der Waals surface area contributed by atoms with E-state index in [1.807, 2.05) is 0 Å². The topological polar surface area (TPSA) is 52.5 Å². The number of hydrogen-bond donors (Lipinski definition) is 3. The van der Waals surface area contributed by atoms with Crippen molar-refractivity contribution in [2.24, 2.45) is 34.5 Å². The first-order valence-corrected chi connectivity index (χ1v) is 14.5. The molecule has 9 atom stereocenters. The Balaban J connectivity index is 1.28. The molecular formula is C29H53NO2. The zero-order valence-corrected chi connectivity index (χ0v) is 21.5. The molecule has 0 amide bonds. The fourth-order valence-corrected chi connectivity index (χ4v) is 9.03. The predicted molar refractivity (Wildman–Crippen MR) is 134 cm³/mol. The fraction of sp³-hybridized carbons (Fsp3) is 1.00. The minimum atomic E-state index is -0.166. The minimum Gasteiger partial charge on any atom is -0.393 e. The van der Waals surface area contributed by atoms with Gasteiger partial charge in [0.05, 0.1) is 12.2 Å². The molecule has 4 aliphatic carbocycles. The van der Waals surface area contributed by atoms with Crippen molar-refractivity contribution in [2.75, 3.05) is 6.54 Å². The summed E-state index contributed by atoms with van der Waals surface area (Å²) in [5, 5.41) is 25.5. The molecule has 4 saturated carbocycles. The van der Waals surface area contributed by atoms with Crippen molar-refractivity contribution in [1.82, 2.24) is 5.32 Å². The summed E-state index contributed by atoms with van der Waals surface area (Å²) in [5.74, 6) is 3.01. The van der Waals surface area contributed by atoms with Gasteiger partial charge in [0.2, 0.25) is 0 Å². The maximum atomic E-state index is 11.0. The average Bonchev–Trinajstić information content (AvgIpc) is 3.08. The van der Waals surface area contributed by atoms with Gasteiger partial charge < -0.3 is 15.5 Å². The van der Waals surface area contributed by atoms with E-state index in [9.17, 15) is 10.2 Å². The van der Waals surface area contributed by atoms with E-state index in [1.165, 1.54) is 83.5 Å². The third-order valence-corrected chi connectivity index (χ3v) is 11.1. The van der Waals surface area contributed by atoms with Crippen LogP contribution in [0.1, 0.15) is 124 Å². The molecule has 3 heteroatoms. The summed E-state index contributed by atoms with van der Waals surface area (Å²) in [6.45, 7) is 8.32. The second-order valence-electron chi connectivity index (χ2n) is 12.8. The highest BCUT2D eigenvalue weighted by Crippen LogP contribution is 2.66. The maximum absolute atomic E-state index is 11.0. The SMILES string of the molecule is CCCCCCCCCCN[C@H]1C[C@@]2(C)[C@@H](CC[C@@H]3[C@@H]2CC[C@]2(C)[C@@H](O)CC[C@@H]32)C[C@@H]1O. The Hall–Kier alpha value is -0.120. The van der Waals surface area contributed by atoms with Crippen LogP contribution in [0, 0.1) is 34.5 Å². The predicted octanol–water partition coefficient (Wildman–Crippen LogP) is 6.46. The molecule has 0 bridgehead atoms. The zero-order valence-electron chi connectivity index (χ0n) is 21.5. The van der Waals surface area contributed by atoms with Crippen LogP contribution in [-0.4, -0.2) is 35.0 Å². The third kappa shape index (κ3) is 4.82. The Morgan fingerprint density at radius 3 is 2.22 bits per heavy atom. The van der Waals surface area contributed by atoms with E-state index in [0.717, 1.165) is 43.6 Å². The smallest absolute Gasteiger partial charge is 0.0696 e. The Morgan fingerprint density at radius 2 is 1.47 bits per heavy atom. The number of aliphatic hydroxyl groups is 2. The zero-order chi connectivity index (χ0) is 22.8. The molecule has 0 aromatic heterocycles. The Kier molecular flexibility index (Phi) is 8.32. The lowest BCUT2D eigenvalue weighted by molar-refractivity contribution is -0.140. The van der Waals surface area contributed by atoms with Crippen LogP contribution in [0.25, 0.3) is 0 Å². The molecule has 0 radical (unpaired) electrons. The van der Waals surface area contributed by atoms with Gasteiger partial charge in [0.1, 0.15) is 0 Å². The summed E-state index contributed by atoms with van der Waals surface area (Å²) in [6, 6.07) is 0.280. The second-order valence-corrected chi connectivity index (χ2v) is 12.8. The van der Waals surface area contributed by atoms with E-state index >= 15 is 0 Å². The molecule has 4 fully saturated rings. The third-order valence-electron chi connectivity index (χ3n) is 11.1. The quantitative estimate of drug-likeness (QED) is 0.337. The molecule has 0 unspecified atom stereocenters. The summed E-state index contributed by atoms with van der Waals surface area (Å²) in [5.41, 5.74) is 0.542. The number of aliphatic hydroxyl groups excluding tert-OH is 2. The van der Waals surface area contributed by atoms with E-state index in [0.29, 0.717) is 11.3 Å². The highest BCUT2D eigenvalue weighted by atomic mass is 16.3. The molecule has 4 aliphatic rings. The van der Waals surface area contributed by atoms with Crippen LogP contribution in [0.15, 0.2) is 0 Å². The van der Waals surface area contributed by atoms with Gasteiger partial charge in [-0.15, -0.1) is 0 Å². The van der Waals surface area contributed by atoms with Gasteiger partial charge in [-0.3, -0.25) is 0 Å². The van der Waals surface area contributed by atoms with Crippen LogP contribution in [0.5, 0.6) is 0 Å². The molecule has 0 aromatic rings. The average molecular weight is 448 g/mol. The van der Waals surface area contributed by atoms with E-state index < -0.39 is 0 Å². The van der Waals surface area contributed by atoms with Gasteiger partial charge in [-0.2, -0.15) is 0 Å². The van der Waals surface area contributed by atoms with Crippen molar-refractivity contribution in [1.29, 1.82) is 0 Å². The number of nitrogens with one attached hydrogen (secondary N) is 1. The molecule has 0 spiro atoms. The van der Waals surface area contributed by atoms with Crippen molar-refractivity contribution < 1.29 is 10.2 Å². The highest BCUT2D eigenvalue weighted by molar-refractivity contribution is 5.11. The molecule has 3 nitrogen and oxygen atoms in total. The maximum Gasteiger partial charge on any atom is 0.0696 e. The lowest BCUT2D eigenvalue weighted by Crippen LogP contribution is -2.59. The van der Waals surface area contributed by atoms with Crippen LogP contribution in [0.3, 0.4) is 0 Å². The molecule has 3 N–H and O–H groups in total. The molecule has 186 valence electrons. The summed E-state index contributed by atoms with van der Waals surface area (Å²) >= 11 is 0. The molecule has 0 aliphatic heterocycles. The van der Waals surface area contributed by atoms with E-state index in [2.05, 4.69) is 26.1 Å². The molecular weight excluding hydrogens is 394 g/mol. The van der Waals surface area contributed by atoms with Crippen LogP contribution >= 0.6 is 0 Å². The standard InChI is InChI=1S/C29H53NO2/c1-4-5-6-7-8-9-10-11-18-30-25-20-29(3)21(19-26(25)31)12-13-22-23-14-15-27(32)28(23,2)17-16-24(22)29/h21-27,30-32H,4-20H2,1-3H3/t21-,22-,23-,24-,25-,26-,27-,28-,29-/m0/s1. The Labute approximate surface area is 198 Å². The normalized spacial score (nSPS) is 45.8. The first-order chi connectivity index (χ1) is 15.4. The summed E-state index contributed by atoms with van der Waals surface area (Å²) < 4.78 is 0. The summed E-state index contributed by atoms with van der Waals surface area (Å²) in [6.07, 6.45) is 20.2. The van der Waals surface area contributed by atoms with Crippen molar-refractivity contribution in [3.63, 3.8) is 0 Å². The first-order valence-electron chi connectivity index (χ1n) is 14.5. The highest BCUT2D eigenvalue weighted by Gasteiger charge is 2.60. The van der Waals surface area contributed by atoms with Gasteiger partial charge in [0, 0.05) is 6.04 Å². The van der Waals surface area contributed by atoms with Crippen molar-refractivity contribution in [2.45, 2.75) is 142 Å². The van der Waals surface area contributed by atoms with E-state index in [-0.39, 0.29) is 23.7 Å². The first kappa shape index (κ1) is 25.0. The van der Waals surface area contributed by atoms with Gasteiger partial charge in [0.25, 0.3) is 0 Å².